The summed E-state index contributed by atoms with van der Waals surface area (Å²) in [7, 11) is -2.92. The molecule has 8 nitrogen and oxygen atoms in total. The predicted molar refractivity (Wildman–Crippen MR) is 101 cm³/mol. The van der Waals surface area contributed by atoms with Crippen molar-refractivity contribution in [3.8, 4) is 5.75 Å². The largest absolute Gasteiger partial charge is 0.492 e. The van der Waals surface area contributed by atoms with Crippen molar-refractivity contribution < 1.29 is 37.0 Å². The SMILES string of the molecule is COC(=O)Cc1cc(F)ccc1S(=O)(=O)NC1C2COc3c(C(=O)O)cccc3C21. The standard InChI is InChI=1S/C20H18FNO7S/c1-28-16(23)8-10-7-11(21)5-6-15(10)30(26,27)22-18-14-9-29-19-12(17(14)18)3-2-4-13(19)20(24)25/h2-7,14,17-18,22H,8-9H2,1H3,(H,24,25). The normalized spacial score (nSPS) is 21.7. The Hall–Kier alpha value is -2.98. The van der Waals surface area contributed by atoms with E-state index in [0.29, 0.717) is 5.56 Å². The molecule has 0 radical (unpaired) electrons. The van der Waals surface area contributed by atoms with Crippen LogP contribution in [0.5, 0.6) is 5.75 Å². The van der Waals surface area contributed by atoms with Gasteiger partial charge in [-0.25, -0.2) is 22.3 Å². The van der Waals surface area contributed by atoms with E-state index in [1.807, 2.05) is 0 Å². The van der Waals surface area contributed by atoms with E-state index >= 15 is 0 Å². The van der Waals surface area contributed by atoms with Gasteiger partial charge in [-0.2, -0.15) is 0 Å². The van der Waals surface area contributed by atoms with Crippen LogP contribution in [0.3, 0.4) is 0 Å². The fraction of sp³-hybridized carbons (Fsp3) is 0.300. The molecule has 4 rings (SSSR count). The lowest BCUT2D eigenvalue weighted by molar-refractivity contribution is -0.139. The van der Waals surface area contributed by atoms with Crippen molar-refractivity contribution in [1.82, 2.24) is 4.72 Å². The fourth-order valence-corrected chi connectivity index (χ4v) is 5.44. The third kappa shape index (κ3) is 3.52. The molecular weight excluding hydrogens is 417 g/mol. The predicted octanol–water partition coefficient (Wildman–Crippen LogP) is 1.69. The summed E-state index contributed by atoms with van der Waals surface area (Å²) in [5.41, 5.74) is 0.647. The maximum absolute atomic E-state index is 13.6. The number of aromatic carboxylic acids is 1. The minimum Gasteiger partial charge on any atom is -0.492 e. The van der Waals surface area contributed by atoms with E-state index < -0.39 is 40.2 Å². The molecule has 2 aliphatic rings. The van der Waals surface area contributed by atoms with Crippen LogP contribution in [0, 0.1) is 11.7 Å². The second-order valence-corrected chi connectivity index (χ2v) is 8.86. The molecule has 10 heteroatoms. The first-order chi connectivity index (χ1) is 14.2. The van der Waals surface area contributed by atoms with Crippen LogP contribution < -0.4 is 9.46 Å². The van der Waals surface area contributed by atoms with Crippen molar-refractivity contribution in [3.05, 3.63) is 58.9 Å². The Kier molecular flexibility index (Phi) is 4.99. The molecule has 0 spiro atoms. The first kappa shape index (κ1) is 20.3. The van der Waals surface area contributed by atoms with Gasteiger partial charge in [0.1, 0.15) is 17.1 Å². The van der Waals surface area contributed by atoms with E-state index in [2.05, 4.69) is 9.46 Å². The third-order valence-electron chi connectivity index (χ3n) is 5.39. The van der Waals surface area contributed by atoms with E-state index in [1.54, 1.807) is 12.1 Å². The van der Waals surface area contributed by atoms with Gasteiger partial charge in [-0.1, -0.05) is 12.1 Å². The Morgan fingerprint density at radius 3 is 2.77 bits per heavy atom. The zero-order valence-corrected chi connectivity index (χ0v) is 16.6. The third-order valence-corrected chi connectivity index (χ3v) is 6.95. The van der Waals surface area contributed by atoms with Gasteiger partial charge in [0.25, 0.3) is 0 Å². The highest BCUT2D eigenvalue weighted by molar-refractivity contribution is 7.89. The summed E-state index contributed by atoms with van der Waals surface area (Å²) in [5.74, 6) is -2.62. The number of fused-ring (bicyclic) bond motifs is 3. The van der Waals surface area contributed by atoms with Crippen LogP contribution in [-0.2, 0) is 26.0 Å². The summed E-state index contributed by atoms with van der Waals surface area (Å²) < 4.78 is 52.4. The van der Waals surface area contributed by atoms with Gasteiger partial charge in [0.15, 0.2) is 0 Å². The van der Waals surface area contributed by atoms with E-state index in [4.69, 9.17) is 4.74 Å². The second kappa shape index (κ2) is 7.37. The molecule has 0 aromatic heterocycles. The first-order valence-corrected chi connectivity index (χ1v) is 10.6. The number of carboxylic acids is 1. The van der Waals surface area contributed by atoms with E-state index in [-0.39, 0.29) is 40.2 Å². The number of esters is 1. The van der Waals surface area contributed by atoms with Crippen molar-refractivity contribution in [3.63, 3.8) is 0 Å². The maximum atomic E-state index is 13.6. The van der Waals surface area contributed by atoms with Gasteiger partial charge in [0.2, 0.25) is 10.0 Å². The molecule has 3 unspecified atom stereocenters. The molecule has 2 aromatic rings. The summed E-state index contributed by atoms with van der Waals surface area (Å²) >= 11 is 0. The van der Waals surface area contributed by atoms with E-state index in [1.165, 1.54) is 6.07 Å². The molecule has 30 heavy (non-hydrogen) atoms. The Morgan fingerprint density at radius 1 is 1.30 bits per heavy atom. The van der Waals surface area contributed by atoms with Gasteiger partial charge >= 0.3 is 11.9 Å². The molecule has 1 heterocycles. The number of benzene rings is 2. The highest BCUT2D eigenvalue weighted by Crippen LogP contribution is 2.55. The quantitative estimate of drug-likeness (QED) is 0.663. The number of hydrogen-bond donors (Lipinski definition) is 2. The number of rotatable bonds is 6. The van der Waals surface area contributed by atoms with Crippen LogP contribution in [0.25, 0.3) is 0 Å². The van der Waals surface area contributed by atoms with Gasteiger partial charge in [0, 0.05) is 23.4 Å². The Bertz CT molecular complexity index is 1150. The molecule has 1 fully saturated rings. The Labute approximate surface area is 171 Å². The number of methoxy groups -OCH3 is 1. The zero-order valence-electron chi connectivity index (χ0n) is 15.8. The van der Waals surface area contributed by atoms with E-state index in [0.717, 1.165) is 25.3 Å². The van der Waals surface area contributed by atoms with Crippen LogP contribution in [-0.4, -0.2) is 45.2 Å². The first-order valence-electron chi connectivity index (χ1n) is 9.09. The number of nitrogens with one attached hydrogen (secondary N) is 1. The molecule has 3 atom stereocenters. The average Bonchev–Trinajstić information content (AvgIpc) is 3.39. The van der Waals surface area contributed by atoms with Gasteiger partial charge in [-0.3, -0.25) is 4.79 Å². The number of hydrogen-bond acceptors (Lipinski definition) is 6. The lowest BCUT2D eigenvalue weighted by Gasteiger charge is -2.17. The zero-order chi connectivity index (χ0) is 21.6. The van der Waals surface area contributed by atoms with Crippen LogP contribution in [0.2, 0.25) is 0 Å². The Morgan fingerprint density at radius 2 is 2.07 bits per heavy atom. The minimum absolute atomic E-state index is 0.0113. The molecule has 1 aliphatic carbocycles. The Balaban J connectivity index is 1.61. The lowest BCUT2D eigenvalue weighted by atomic mass is 10.0. The molecule has 158 valence electrons. The van der Waals surface area contributed by atoms with Crippen LogP contribution in [0.15, 0.2) is 41.3 Å². The smallest absolute Gasteiger partial charge is 0.339 e. The minimum atomic E-state index is -4.08. The fourth-order valence-electron chi connectivity index (χ4n) is 3.91. The molecule has 2 aromatic carbocycles. The highest BCUT2D eigenvalue weighted by Gasteiger charge is 2.57. The summed E-state index contributed by atoms with van der Waals surface area (Å²) in [6.45, 7) is 0.174. The molecule has 1 aliphatic heterocycles. The van der Waals surface area contributed by atoms with Gasteiger partial charge < -0.3 is 14.6 Å². The molecular formula is C20H18FNO7S. The van der Waals surface area contributed by atoms with Gasteiger partial charge in [-0.15, -0.1) is 0 Å². The number of ether oxygens (including phenoxy) is 2. The van der Waals surface area contributed by atoms with E-state index in [9.17, 15) is 27.5 Å². The van der Waals surface area contributed by atoms with Crippen molar-refractivity contribution in [2.75, 3.05) is 13.7 Å². The topological polar surface area (TPSA) is 119 Å². The van der Waals surface area contributed by atoms with Crippen molar-refractivity contribution in [2.24, 2.45) is 5.92 Å². The molecule has 0 amide bonds. The number of sulfonamides is 1. The second-order valence-electron chi connectivity index (χ2n) is 7.18. The summed E-state index contributed by atoms with van der Waals surface area (Å²) in [4.78, 5) is 22.8. The summed E-state index contributed by atoms with van der Waals surface area (Å²) in [6.07, 6.45) is -0.393. The number of para-hydroxylation sites is 1. The van der Waals surface area contributed by atoms with Gasteiger partial charge in [0.05, 0.1) is 25.0 Å². The average molecular weight is 435 g/mol. The number of carboxylic acid groups (broad SMARTS) is 1. The monoisotopic (exact) mass is 435 g/mol. The van der Waals surface area contributed by atoms with Crippen molar-refractivity contribution in [1.29, 1.82) is 0 Å². The summed E-state index contributed by atoms with van der Waals surface area (Å²) in [5, 5.41) is 9.33. The van der Waals surface area contributed by atoms with Crippen molar-refractivity contribution >= 4 is 22.0 Å². The number of carbonyl (C=O) groups is 2. The maximum Gasteiger partial charge on any atom is 0.339 e. The van der Waals surface area contributed by atoms with Crippen LogP contribution >= 0.6 is 0 Å². The molecule has 0 bridgehead atoms. The van der Waals surface area contributed by atoms with Gasteiger partial charge in [-0.05, 0) is 29.8 Å². The highest BCUT2D eigenvalue weighted by atomic mass is 32.2. The molecule has 2 N–H and O–H groups in total. The van der Waals surface area contributed by atoms with Crippen LogP contribution in [0.1, 0.15) is 27.4 Å². The molecule has 0 saturated heterocycles. The summed E-state index contributed by atoms with van der Waals surface area (Å²) in [6, 6.07) is 7.34. The van der Waals surface area contributed by atoms with Crippen LogP contribution in [0.4, 0.5) is 4.39 Å². The van der Waals surface area contributed by atoms with Crippen molar-refractivity contribution in [2.45, 2.75) is 23.3 Å². The number of halogens is 1. The molecule has 1 saturated carbocycles. The number of carbonyl (C=O) groups excluding carboxylic acids is 1. The lowest BCUT2D eigenvalue weighted by Crippen LogP contribution is -2.29.